The molecule has 3 heterocycles. The molecule has 0 bridgehead atoms. The molecule has 0 unspecified atom stereocenters. The summed E-state index contributed by atoms with van der Waals surface area (Å²) in [7, 11) is 1.64. The van der Waals surface area contributed by atoms with E-state index >= 15 is 0 Å². The summed E-state index contributed by atoms with van der Waals surface area (Å²) < 4.78 is 5.29. The first kappa shape index (κ1) is 13.8. The number of carbonyl (C=O) groups excluding carboxylic acids is 1. The number of hydrogen-bond donors (Lipinski definition) is 1. The molecule has 116 valence electrons. The fourth-order valence-electron chi connectivity index (χ4n) is 3.13. The smallest absolute Gasteiger partial charge is 0.270 e. The van der Waals surface area contributed by atoms with Gasteiger partial charge >= 0.3 is 0 Å². The van der Waals surface area contributed by atoms with E-state index in [2.05, 4.69) is 9.97 Å². The second-order valence-electron chi connectivity index (χ2n) is 5.86. The summed E-state index contributed by atoms with van der Waals surface area (Å²) in [5.74, 6) is 0.784. The number of nitrogens with zero attached hydrogens (tertiary/aromatic N) is 2. The Morgan fingerprint density at radius 2 is 2.17 bits per heavy atom. The van der Waals surface area contributed by atoms with E-state index in [0.717, 1.165) is 33.5 Å². The summed E-state index contributed by atoms with van der Waals surface area (Å²) in [6.45, 7) is 3.19. The zero-order valence-corrected chi connectivity index (χ0v) is 13.1. The second-order valence-corrected chi connectivity index (χ2v) is 5.86. The maximum absolute atomic E-state index is 12.8. The Hall–Kier alpha value is -2.82. The van der Waals surface area contributed by atoms with Gasteiger partial charge in [-0.05, 0) is 36.2 Å². The van der Waals surface area contributed by atoms with Gasteiger partial charge in [-0.2, -0.15) is 0 Å². The SMILES string of the molecule is COc1cc(C)c2cc(C(=O)N3Cc4cccnc4C3)[nH]c2c1. The van der Waals surface area contributed by atoms with Crippen LogP contribution >= 0.6 is 0 Å². The van der Waals surface area contributed by atoms with Crippen LogP contribution in [-0.4, -0.2) is 27.9 Å². The predicted octanol–water partition coefficient (Wildman–Crippen LogP) is 3.04. The third-order valence-electron chi connectivity index (χ3n) is 4.36. The molecule has 1 aromatic carbocycles. The molecule has 0 saturated heterocycles. The van der Waals surface area contributed by atoms with E-state index in [-0.39, 0.29) is 5.91 Å². The number of benzene rings is 1. The van der Waals surface area contributed by atoms with Crippen molar-refractivity contribution >= 4 is 16.8 Å². The standard InChI is InChI=1S/C18H17N3O2/c1-11-6-13(23-2)7-15-14(11)8-16(20-15)18(22)21-9-12-4-3-5-19-17(12)10-21/h3-8,20H,9-10H2,1-2H3. The van der Waals surface area contributed by atoms with Crippen molar-refractivity contribution in [1.82, 2.24) is 14.9 Å². The molecule has 0 fully saturated rings. The lowest BCUT2D eigenvalue weighted by Crippen LogP contribution is -2.25. The topological polar surface area (TPSA) is 58.2 Å². The maximum Gasteiger partial charge on any atom is 0.270 e. The Morgan fingerprint density at radius 1 is 1.30 bits per heavy atom. The largest absolute Gasteiger partial charge is 0.497 e. The number of pyridine rings is 1. The first-order valence-electron chi connectivity index (χ1n) is 7.55. The average molecular weight is 307 g/mol. The number of fused-ring (bicyclic) bond motifs is 2. The molecule has 5 heteroatoms. The molecule has 23 heavy (non-hydrogen) atoms. The van der Waals surface area contributed by atoms with Crippen molar-refractivity contribution in [3.63, 3.8) is 0 Å². The highest BCUT2D eigenvalue weighted by Crippen LogP contribution is 2.27. The van der Waals surface area contributed by atoms with E-state index in [0.29, 0.717) is 18.8 Å². The van der Waals surface area contributed by atoms with Crippen LogP contribution in [0.2, 0.25) is 0 Å². The van der Waals surface area contributed by atoms with Gasteiger partial charge in [0.25, 0.3) is 5.91 Å². The van der Waals surface area contributed by atoms with Crippen LogP contribution in [0.15, 0.2) is 36.5 Å². The number of methoxy groups -OCH3 is 1. The minimum atomic E-state index is -0.00225. The van der Waals surface area contributed by atoms with Crippen LogP contribution in [-0.2, 0) is 13.1 Å². The number of hydrogen-bond acceptors (Lipinski definition) is 3. The molecule has 0 atom stereocenters. The van der Waals surface area contributed by atoms with Gasteiger partial charge in [0.1, 0.15) is 11.4 Å². The van der Waals surface area contributed by atoms with Crippen molar-refractivity contribution in [2.75, 3.05) is 7.11 Å². The number of aryl methyl sites for hydroxylation is 1. The van der Waals surface area contributed by atoms with E-state index in [9.17, 15) is 4.79 Å². The molecule has 0 radical (unpaired) electrons. The van der Waals surface area contributed by atoms with Gasteiger partial charge in [0.15, 0.2) is 0 Å². The molecule has 1 amide bonds. The van der Waals surface area contributed by atoms with Gasteiger partial charge in [0, 0.05) is 29.7 Å². The van der Waals surface area contributed by atoms with Crippen molar-refractivity contribution in [2.24, 2.45) is 0 Å². The highest BCUT2D eigenvalue weighted by Gasteiger charge is 2.26. The van der Waals surface area contributed by atoms with Gasteiger partial charge in [-0.1, -0.05) is 6.07 Å². The first-order chi connectivity index (χ1) is 11.2. The first-order valence-corrected chi connectivity index (χ1v) is 7.55. The normalized spacial score (nSPS) is 13.4. The Balaban J connectivity index is 1.67. The molecule has 4 rings (SSSR count). The number of H-pyrrole nitrogens is 1. The average Bonchev–Trinajstić information content (AvgIpc) is 3.18. The van der Waals surface area contributed by atoms with E-state index < -0.39 is 0 Å². The third kappa shape index (κ3) is 2.25. The highest BCUT2D eigenvalue weighted by molar-refractivity contribution is 5.99. The van der Waals surface area contributed by atoms with Gasteiger partial charge in [-0.15, -0.1) is 0 Å². The van der Waals surface area contributed by atoms with Crippen LogP contribution < -0.4 is 4.74 Å². The molecule has 1 aliphatic heterocycles. The van der Waals surface area contributed by atoms with Gasteiger partial charge in [-0.3, -0.25) is 9.78 Å². The van der Waals surface area contributed by atoms with E-state index in [1.54, 1.807) is 13.3 Å². The van der Waals surface area contributed by atoms with Crippen LogP contribution in [0.1, 0.15) is 27.3 Å². The van der Waals surface area contributed by atoms with Crippen molar-refractivity contribution in [3.8, 4) is 5.75 Å². The second kappa shape index (κ2) is 5.12. The van der Waals surface area contributed by atoms with Crippen molar-refractivity contribution in [1.29, 1.82) is 0 Å². The molecule has 1 aliphatic rings. The molecular weight excluding hydrogens is 290 g/mol. The Morgan fingerprint density at radius 3 is 2.96 bits per heavy atom. The van der Waals surface area contributed by atoms with Gasteiger partial charge in [0.05, 0.1) is 19.3 Å². The monoisotopic (exact) mass is 307 g/mol. The van der Waals surface area contributed by atoms with Crippen LogP contribution in [0.5, 0.6) is 5.75 Å². The number of carbonyl (C=O) groups is 1. The molecule has 0 saturated carbocycles. The summed E-state index contributed by atoms with van der Waals surface area (Å²) in [6.07, 6.45) is 1.77. The number of nitrogens with one attached hydrogen (secondary N) is 1. The molecule has 5 nitrogen and oxygen atoms in total. The van der Waals surface area contributed by atoms with Gasteiger partial charge < -0.3 is 14.6 Å². The fraction of sp³-hybridized carbons (Fsp3) is 0.222. The lowest BCUT2D eigenvalue weighted by molar-refractivity contribution is 0.0745. The summed E-state index contributed by atoms with van der Waals surface area (Å²) in [5.41, 5.74) is 4.70. The summed E-state index contributed by atoms with van der Waals surface area (Å²) in [6, 6.07) is 9.74. The number of aromatic amines is 1. The maximum atomic E-state index is 12.8. The van der Waals surface area contributed by atoms with E-state index in [1.807, 2.05) is 42.2 Å². The van der Waals surface area contributed by atoms with Gasteiger partial charge in [0.2, 0.25) is 0 Å². The molecule has 0 aliphatic carbocycles. The van der Waals surface area contributed by atoms with Crippen LogP contribution in [0.25, 0.3) is 10.9 Å². The van der Waals surface area contributed by atoms with Gasteiger partial charge in [-0.25, -0.2) is 0 Å². The molecule has 2 aromatic heterocycles. The fourth-order valence-corrected chi connectivity index (χ4v) is 3.13. The summed E-state index contributed by atoms with van der Waals surface area (Å²) >= 11 is 0. The van der Waals surface area contributed by atoms with Crippen LogP contribution in [0, 0.1) is 6.92 Å². The van der Waals surface area contributed by atoms with Crippen molar-refractivity contribution in [3.05, 3.63) is 59.0 Å². The zero-order chi connectivity index (χ0) is 16.0. The third-order valence-corrected chi connectivity index (χ3v) is 4.36. The number of ether oxygens (including phenoxy) is 1. The number of rotatable bonds is 2. The molecule has 3 aromatic rings. The minimum Gasteiger partial charge on any atom is -0.497 e. The lowest BCUT2D eigenvalue weighted by atomic mass is 10.1. The minimum absolute atomic E-state index is 0.00225. The number of aromatic nitrogens is 2. The predicted molar refractivity (Wildman–Crippen MR) is 87.4 cm³/mol. The zero-order valence-electron chi connectivity index (χ0n) is 13.1. The van der Waals surface area contributed by atoms with Crippen LogP contribution in [0.3, 0.4) is 0 Å². The Bertz CT molecular complexity index is 889. The Labute approximate surface area is 133 Å². The number of amides is 1. The summed E-state index contributed by atoms with van der Waals surface area (Å²) in [5, 5.41) is 1.05. The van der Waals surface area contributed by atoms with Crippen molar-refractivity contribution < 1.29 is 9.53 Å². The Kier molecular flexibility index (Phi) is 3.08. The molecular formula is C18H17N3O2. The van der Waals surface area contributed by atoms with E-state index in [4.69, 9.17) is 4.74 Å². The van der Waals surface area contributed by atoms with Crippen LogP contribution in [0.4, 0.5) is 0 Å². The molecule has 1 N–H and O–H groups in total. The molecule has 0 spiro atoms. The summed E-state index contributed by atoms with van der Waals surface area (Å²) in [4.78, 5) is 22.2. The highest BCUT2D eigenvalue weighted by atomic mass is 16.5. The van der Waals surface area contributed by atoms with E-state index in [1.165, 1.54) is 0 Å². The van der Waals surface area contributed by atoms with Crippen molar-refractivity contribution in [2.45, 2.75) is 20.0 Å². The quantitative estimate of drug-likeness (QED) is 0.791. The lowest BCUT2D eigenvalue weighted by Gasteiger charge is -2.13.